The van der Waals surface area contributed by atoms with E-state index in [1.165, 1.54) is 34.6 Å². The normalized spacial score (nSPS) is 11.4. The predicted octanol–water partition coefficient (Wildman–Crippen LogP) is 4.63. The van der Waals surface area contributed by atoms with Crippen molar-refractivity contribution in [3.63, 3.8) is 0 Å². The Balaban J connectivity index is 1.30. The van der Waals surface area contributed by atoms with E-state index in [0.29, 0.717) is 12.2 Å². The summed E-state index contributed by atoms with van der Waals surface area (Å²) in [5.41, 5.74) is 1.06. The van der Waals surface area contributed by atoms with Gasteiger partial charge in [0.1, 0.15) is 5.75 Å². The van der Waals surface area contributed by atoms with Crippen molar-refractivity contribution in [1.82, 2.24) is 19.6 Å². The molecule has 0 aliphatic rings. The number of anilines is 1. The maximum absolute atomic E-state index is 12.8. The maximum Gasteiger partial charge on any atom is 0.416 e. The van der Waals surface area contributed by atoms with E-state index in [0.717, 1.165) is 18.6 Å². The fraction of sp³-hybridized carbons (Fsp3) is 0.174. The first-order valence-corrected chi connectivity index (χ1v) is 10.1. The van der Waals surface area contributed by atoms with Gasteiger partial charge in [0.15, 0.2) is 12.4 Å². The number of aryl methyl sites for hydroxylation is 2. The molecule has 1 N–H and O–H groups in total. The second-order valence-electron chi connectivity index (χ2n) is 7.22. The molecule has 0 atom stereocenters. The number of carbonyl (C=O) groups excluding carboxylic acids is 1. The van der Waals surface area contributed by atoms with E-state index in [9.17, 15) is 18.0 Å². The van der Waals surface area contributed by atoms with Crippen molar-refractivity contribution in [2.45, 2.75) is 25.9 Å². The summed E-state index contributed by atoms with van der Waals surface area (Å²) in [6.07, 6.45) is 1.15. The van der Waals surface area contributed by atoms with Crippen LogP contribution in [0.1, 0.15) is 21.6 Å². The van der Waals surface area contributed by atoms with Gasteiger partial charge in [0, 0.05) is 18.9 Å². The lowest BCUT2D eigenvalue weighted by Gasteiger charge is -2.10. The minimum Gasteiger partial charge on any atom is -0.471 e. The van der Waals surface area contributed by atoms with Gasteiger partial charge in [-0.15, -0.1) is 0 Å². The van der Waals surface area contributed by atoms with E-state index in [1.807, 2.05) is 30.3 Å². The zero-order chi connectivity index (χ0) is 23.3. The van der Waals surface area contributed by atoms with Gasteiger partial charge in [-0.05, 0) is 36.2 Å². The standard InChI is InChI=1S/C23H20F3N5O2/c24-23(25,26)18-7-4-8-20(13-18)33-16-31-12-10-21(29-31)22(32)28-19-14-27-30(15-19)11-9-17-5-2-1-3-6-17/h1-8,10,12-15H,9,11,16H2,(H,28,32). The Kier molecular flexibility index (Phi) is 6.43. The van der Waals surface area contributed by atoms with Crippen LogP contribution in [-0.2, 0) is 25.9 Å². The lowest BCUT2D eigenvalue weighted by molar-refractivity contribution is -0.137. The molecule has 0 bridgehead atoms. The topological polar surface area (TPSA) is 74.0 Å². The van der Waals surface area contributed by atoms with Gasteiger partial charge in [-0.25, -0.2) is 4.68 Å². The smallest absolute Gasteiger partial charge is 0.416 e. The predicted molar refractivity (Wildman–Crippen MR) is 115 cm³/mol. The number of alkyl halides is 3. The number of amides is 1. The van der Waals surface area contributed by atoms with Crippen LogP contribution >= 0.6 is 0 Å². The summed E-state index contributed by atoms with van der Waals surface area (Å²) in [6, 6.07) is 16.1. The summed E-state index contributed by atoms with van der Waals surface area (Å²) in [5.74, 6) is -0.385. The maximum atomic E-state index is 12.8. The molecule has 4 rings (SSSR count). The van der Waals surface area contributed by atoms with Gasteiger partial charge in [-0.2, -0.15) is 23.4 Å². The van der Waals surface area contributed by atoms with E-state index >= 15 is 0 Å². The van der Waals surface area contributed by atoms with Gasteiger partial charge < -0.3 is 10.1 Å². The van der Waals surface area contributed by atoms with Gasteiger partial charge in [0.05, 0.1) is 17.4 Å². The fourth-order valence-electron chi connectivity index (χ4n) is 3.09. The average molecular weight is 455 g/mol. The van der Waals surface area contributed by atoms with Crippen LogP contribution in [0.5, 0.6) is 5.75 Å². The van der Waals surface area contributed by atoms with Gasteiger partial charge in [-0.1, -0.05) is 36.4 Å². The summed E-state index contributed by atoms with van der Waals surface area (Å²) in [6.45, 7) is 0.521. The summed E-state index contributed by atoms with van der Waals surface area (Å²) in [7, 11) is 0. The highest BCUT2D eigenvalue weighted by Gasteiger charge is 2.30. The minimum absolute atomic E-state index is 0.0502. The van der Waals surface area contributed by atoms with Crippen molar-refractivity contribution in [1.29, 1.82) is 0 Å². The molecule has 0 saturated heterocycles. The molecule has 0 spiro atoms. The van der Waals surface area contributed by atoms with E-state index in [2.05, 4.69) is 15.5 Å². The molecule has 0 radical (unpaired) electrons. The van der Waals surface area contributed by atoms with Crippen LogP contribution in [-0.4, -0.2) is 25.5 Å². The van der Waals surface area contributed by atoms with Crippen molar-refractivity contribution in [2.24, 2.45) is 0 Å². The Bertz CT molecular complexity index is 1220. The Hall–Kier alpha value is -4.08. The number of aromatic nitrogens is 4. The number of nitrogens with one attached hydrogen (secondary N) is 1. The highest BCUT2D eigenvalue weighted by Crippen LogP contribution is 2.31. The first-order valence-electron chi connectivity index (χ1n) is 10.1. The first-order chi connectivity index (χ1) is 15.9. The van der Waals surface area contributed by atoms with E-state index in [-0.39, 0.29) is 18.2 Å². The summed E-state index contributed by atoms with van der Waals surface area (Å²) in [4.78, 5) is 12.5. The van der Waals surface area contributed by atoms with Crippen molar-refractivity contribution in [3.05, 3.63) is 96.1 Å². The molecule has 2 aromatic carbocycles. The van der Waals surface area contributed by atoms with Crippen LogP contribution in [0.3, 0.4) is 0 Å². The number of rotatable bonds is 8. The third-order valence-electron chi connectivity index (χ3n) is 4.76. The van der Waals surface area contributed by atoms with Gasteiger partial charge in [0.25, 0.3) is 5.91 Å². The Morgan fingerprint density at radius 1 is 1.03 bits per heavy atom. The molecule has 0 fully saturated rings. The minimum atomic E-state index is -4.45. The third kappa shape index (κ3) is 6.00. The van der Waals surface area contributed by atoms with E-state index in [4.69, 9.17) is 4.74 Å². The quantitative estimate of drug-likeness (QED) is 0.421. The fourth-order valence-corrected chi connectivity index (χ4v) is 3.09. The average Bonchev–Trinajstić information content (AvgIpc) is 3.46. The number of hydrogen-bond acceptors (Lipinski definition) is 4. The molecule has 0 aliphatic carbocycles. The molecule has 0 saturated carbocycles. The molecule has 33 heavy (non-hydrogen) atoms. The number of hydrogen-bond donors (Lipinski definition) is 1. The third-order valence-corrected chi connectivity index (χ3v) is 4.76. The number of ether oxygens (including phenoxy) is 1. The number of carbonyl (C=O) groups is 1. The first kappa shape index (κ1) is 22.1. The van der Waals surface area contributed by atoms with Crippen LogP contribution < -0.4 is 10.1 Å². The van der Waals surface area contributed by atoms with Crippen LogP contribution in [0.25, 0.3) is 0 Å². The molecular formula is C23H20F3N5O2. The molecule has 10 heteroatoms. The Morgan fingerprint density at radius 2 is 1.85 bits per heavy atom. The van der Waals surface area contributed by atoms with Gasteiger partial charge >= 0.3 is 6.18 Å². The SMILES string of the molecule is O=C(Nc1cnn(CCc2ccccc2)c1)c1ccn(COc2cccc(C(F)(F)F)c2)n1. The van der Waals surface area contributed by atoms with Crippen LogP contribution in [0.2, 0.25) is 0 Å². The van der Waals surface area contributed by atoms with Crippen molar-refractivity contribution < 1.29 is 22.7 Å². The molecular weight excluding hydrogens is 435 g/mol. The van der Waals surface area contributed by atoms with Crippen molar-refractivity contribution >= 4 is 11.6 Å². The van der Waals surface area contributed by atoms with Crippen LogP contribution in [0.15, 0.2) is 79.3 Å². The molecule has 170 valence electrons. The molecule has 1 amide bonds. The van der Waals surface area contributed by atoms with Crippen LogP contribution in [0, 0.1) is 0 Å². The van der Waals surface area contributed by atoms with E-state index < -0.39 is 17.6 Å². The molecule has 0 unspecified atom stereocenters. The van der Waals surface area contributed by atoms with Crippen LogP contribution in [0.4, 0.5) is 18.9 Å². The highest BCUT2D eigenvalue weighted by molar-refractivity contribution is 6.02. The second-order valence-corrected chi connectivity index (χ2v) is 7.22. The van der Waals surface area contributed by atoms with Gasteiger partial charge in [0.2, 0.25) is 0 Å². The molecule has 7 nitrogen and oxygen atoms in total. The van der Waals surface area contributed by atoms with Crippen molar-refractivity contribution in [2.75, 3.05) is 5.32 Å². The lowest BCUT2D eigenvalue weighted by Crippen LogP contribution is -2.14. The van der Waals surface area contributed by atoms with Gasteiger partial charge in [-0.3, -0.25) is 9.48 Å². The summed E-state index contributed by atoms with van der Waals surface area (Å²) >= 11 is 0. The van der Waals surface area contributed by atoms with Crippen molar-refractivity contribution in [3.8, 4) is 5.75 Å². The highest BCUT2D eigenvalue weighted by atomic mass is 19.4. The monoisotopic (exact) mass is 455 g/mol. The second kappa shape index (κ2) is 9.60. The summed E-state index contributed by atoms with van der Waals surface area (Å²) < 4.78 is 46.8. The number of benzene rings is 2. The molecule has 2 heterocycles. The zero-order valence-corrected chi connectivity index (χ0v) is 17.4. The Morgan fingerprint density at radius 3 is 2.64 bits per heavy atom. The molecule has 0 aliphatic heterocycles. The molecule has 4 aromatic rings. The lowest BCUT2D eigenvalue weighted by atomic mass is 10.1. The zero-order valence-electron chi connectivity index (χ0n) is 17.4. The largest absolute Gasteiger partial charge is 0.471 e. The summed E-state index contributed by atoms with van der Waals surface area (Å²) in [5, 5.41) is 11.1. The number of halogens is 3. The Labute approximate surface area is 187 Å². The number of nitrogens with zero attached hydrogens (tertiary/aromatic N) is 4. The molecule has 2 aromatic heterocycles. The van der Waals surface area contributed by atoms with E-state index in [1.54, 1.807) is 17.1 Å².